The van der Waals surface area contributed by atoms with Crippen molar-refractivity contribution in [1.82, 2.24) is 14.8 Å². The van der Waals surface area contributed by atoms with Crippen LogP contribution in [0.4, 0.5) is 0 Å². The van der Waals surface area contributed by atoms with Crippen LogP contribution in [-0.4, -0.2) is 25.8 Å². The number of carboxylic acid groups (broad SMARTS) is 1. The summed E-state index contributed by atoms with van der Waals surface area (Å²) in [5, 5.41) is 13.7. The maximum Gasteiger partial charge on any atom is 0.311 e. The molecule has 2 rings (SSSR count). The van der Waals surface area contributed by atoms with Gasteiger partial charge in [0.1, 0.15) is 18.1 Å². The Labute approximate surface area is 109 Å². The second kappa shape index (κ2) is 4.78. The van der Waals surface area contributed by atoms with E-state index in [4.69, 9.17) is 16.7 Å². The van der Waals surface area contributed by atoms with E-state index in [-0.39, 0.29) is 6.42 Å². The van der Waals surface area contributed by atoms with Crippen molar-refractivity contribution in [2.24, 2.45) is 0 Å². The zero-order valence-corrected chi connectivity index (χ0v) is 10.8. The number of aromatic nitrogens is 3. The maximum absolute atomic E-state index is 10.8. The van der Waals surface area contributed by atoms with Gasteiger partial charge in [-0.2, -0.15) is 5.10 Å². The fraction of sp³-hybridized carbons (Fsp3) is 0.250. The molecule has 94 valence electrons. The highest BCUT2D eigenvalue weighted by molar-refractivity contribution is 6.31. The zero-order valence-electron chi connectivity index (χ0n) is 10.0. The van der Waals surface area contributed by atoms with E-state index < -0.39 is 5.97 Å². The molecule has 0 bridgehead atoms. The first kappa shape index (κ1) is 12.6. The van der Waals surface area contributed by atoms with Gasteiger partial charge in [-0.05, 0) is 31.5 Å². The van der Waals surface area contributed by atoms with Crippen molar-refractivity contribution in [3.05, 3.63) is 40.4 Å². The fourth-order valence-electron chi connectivity index (χ4n) is 1.73. The van der Waals surface area contributed by atoms with Gasteiger partial charge in [0.2, 0.25) is 0 Å². The highest BCUT2D eigenvalue weighted by Gasteiger charge is 2.14. The fourth-order valence-corrected chi connectivity index (χ4v) is 1.90. The number of halogens is 1. The van der Waals surface area contributed by atoms with Gasteiger partial charge in [-0.3, -0.25) is 4.79 Å². The minimum Gasteiger partial charge on any atom is -0.481 e. The summed E-state index contributed by atoms with van der Waals surface area (Å²) in [6.45, 7) is 3.58. The van der Waals surface area contributed by atoms with Gasteiger partial charge in [0.05, 0.1) is 5.69 Å². The number of carbonyl (C=O) groups is 1. The average molecular weight is 266 g/mol. The molecule has 0 saturated heterocycles. The lowest BCUT2D eigenvalue weighted by Crippen LogP contribution is -2.10. The second-order valence-corrected chi connectivity index (χ2v) is 4.35. The number of nitrogens with zero attached hydrogens (tertiary/aromatic N) is 3. The van der Waals surface area contributed by atoms with Gasteiger partial charge in [0.15, 0.2) is 0 Å². The molecule has 1 N–H and O–H groups in total. The third-order valence-corrected chi connectivity index (χ3v) is 2.97. The summed E-state index contributed by atoms with van der Waals surface area (Å²) < 4.78 is 1.53. The molecule has 5 nitrogen and oxygen atoms in total. The summed E-state index contributed by atoms with van der Waals surface area (Å²) in [6, 6.07) is 5.41. The Kier molecular flexibility index (Phi) is 3.34. The summed E-state index contributed by atoms with van der Waals surface area (Å²) in [6.07, 6.45) is -0.174. The van der Waals surface area contributed by atoms with Crippen LogP contribution in [0.25, 0.3) is 5.69 Å². The molecule has 0 radical (unpaired) electrons. The molecule has 0 saturated carbocycles. The monoisotopic (exact) mass is 265 g/mol. The standard InChI is InChI=1S/C12H12ClN3O2/c1-7-9(13)4-3-5-10(7)16-11(6-12(17)18)14-8(2)15-16/h3-5H,6H2,1-2H3,(H,17,18). The first-order valence-corrected chi connectivity index (χ1v) is 5.76. The third kappa shape index (κ3) is 2.36. The van der Waals surface area contributed by atoms with Crippen LogP contribution in [-0.2, 0) is 11.2 Å². The van der Waals surface area contributed by atoms with E-state index in [9.17, 15) is 4.79 Å². The molecule has 0 aliphatic rings. The van der Waals surface area contributed by atoms with E-state index in [1.165, 1.54) is 4.68 Å². The molecule has 0 fully saturated rings. The normalized spacial score (nSPS) is 10.6. The number of carboxylic acids is 1. The minimum absolute atomic E-state index is 0.174. The lowest BCUT2D eigenvalue weighted by Gasteiger charge is -2.09. The topological polar surface area (TPSA) is 68.0 Å². The van der Waals surface area contributed by atoms with Crippen LogP contribution in [0.3, 0.4) is 0 Å². The van der Waals surface area contributed by atoms with Crippen LogP contribution in [0.15, 0.2) is 18.2 Å². The quantitative estimate of drug-likeness (QED) is 0.923. The maximum atomic E-state index is 10.8. The van der Waals surface area contributed by atoms with Gasteiger partial charge in [-0.25, -0.2) is 9.67 Å². The molecule has 0 spiro atoms. The van der Waals surface area contributed by atoms with Gasteiger partial charge in [-0.15, -0.1) is 0 Å². The average Bonchev–Trinajstić information content (AvgIpc) is 2.62. The summed E-state index contributed by atoms with van der Waals surface area (Å²) in [4.78, 5) is 14.9. The van der Waals surface area contributed by atoms with Gasteiger partial charge in [-0.1, -0.05) is 17.7 Å². The van der Waals surface area contributed by atoms with Crippen molar-refractivity contribution < 1.29 is 9.90 Å². The molecule has 0 atom stereocenters. The third-order valence-electron chi connectivity index (χ3n) is 2.56. The molecule has 0 amide bonds. The number of rotatable bonds is 3. The van der Waals surface area contributed by atoms with Gasteiger partial charge in [0, 0.05) is 5.02 Å². The Morgan fingerprint density at radius 3 is 2.83 bits per heavy atom. The summed E-state index contributed by atoms with van der Waals surface area (Å²) >= 11 is 6.05. The van der Waals surface area contributed by atoms with Gasteiger partial charge < -0.3 is 5.11 Å². The SMILES string of the molecule is Cc1nc(CC(=O)O)n(-c2cccc(Cl)c2C)n1. The summed E-state index contributed by atoms with van der Waals surface area (Å²) in [5.41, 5.74) is 1.59. The molecular formula is C12H12ClN3O2. The smallest absolute Gasteiger partial charge is 0.311 e. The summed E-state index contributed by atoms with van der Waals surface area (Å²) in [5.74, 6) is -0.0145. The summed E-state index contributed by atoms with van der Waals surface area (Å²) in [7, 11) is 0. The molecule has 0 aliphatic heterocycles. The first-order valence-electron chi connectivity index (χ1n) is 5.39. The number of benzene rings is 1. The van der Waals surface area contributed by atoms with Gasteiger partial charge in [0.25, 0.3) is 0 Å². The van der Waals surface area contributed by atoms with E-state index in [1.54, 1.807) is 19.1 Å². The van der Waals surface area contributed by atoms with E-state index in [1.807, 2.05) is 13.0 Å². The van der Waals surface area contributed by atoms with E-state index in [2.05, 4.69) is 10.1 Å². The Bertz CT molecular complexity index is 607. The Hall–Kier alpha value is -1.88. The van der Waals surface area contributed by atoms with Crippen molar-refractivity contribution in [2.45, 2.75) is 20.3 Å². The molecule has 0 unspecified atom stereocenters. The molecule has 0 aliphatic carbocycles. The van der Waals surface area contributed by atoms with Crippen LogP contribution >= 0.6 is 11.6 Å². The molecule has 1 aromatic heterocycles. The van der Waals surface area contributed by atoms with Crippen molar-refractivity contribution in [2.75, 3.05) is 0 Å². The molecule has 6 heteroatoms. The highest BCUT2D eigenvalue weighted by Crippen LogP contribution is 2.22. The van der Waals surface area contributed by atoms with Crippen molar-refractivity contribution in [3.63, 3.8) is 0 Å². The highest BCUT2D eigenvalue weighted by atomic mass is 35.5. The predicted molar refractivity (Wildman–Crippen MR) is 67.2 cm³/mol. The number of hydrogen-bond donors (Lipinski definition) is 1. The molecular weight excluding hydrogens is 254 g/mol. The zero-order chi connectivity index (χ0) is 13.3. The largest absolute Gasteiger partial charge is 0.481 e. The molecule has 2 aromatic rings. The van der Waals surface area contributed by atoms with Crippen LogP contribution in [0.1, 0.15) is 17.2 Å². The number of aryl methyl sites for hydroxylation is 1. The Morgan fingerprint density at radius 1 is 1.44 bits per heavy atom. The van der Waals surface area contributed by atoms with Crippen LogP contribution in [0.2, 0.25) is 5.02 Å². The Morgan fingerprint density at radius 2 is 2.17 bits per heavy atom. The molecule has 1 aromatic carbocycles. The lowest BCUT2D eigenvalue weighted by molar-refractivity contribution is -0.136. The second-order valence-electron chi connectivity index (χ2n) is 3.94. The predicted octanol–water partition coefficient (Wildman–Crippen LogP) is 2.16. The van der Waals surface area contributed by atoms with Crippen molar-refractivity contribution in [1.29, 1.82) is 0 Å². The number of hydrogen-bond acceptors (Lipinski definition) is 3. The first-order chi connectivity index (χ1) is 8.49. The van der Waals surface area contributed by atoms with Crippen molar-refractivity contribution >= 4 is 17.6 Å². The van der Waals surface area contributed by atoms with E-state index in [0.29, 0.717) is 16.7 Å². The molecule has 1 heterocycles. The van der Waals surface area contributed by atoms with E-state index in [0.717, 1.165) is 11.3 Å². The van der Waals surface area contributed by atoms with Crippen LogP contribution < -0.4 is 0 Å². The lowest BCUT2D eigenvalue weighted by atomic mass is 10.2. The Balaban J connectivity index is 2.56. The van der Waals surface area contributed by atoms with Crippen LogP contribution in [0.5, 0.6) is 0 Å². The number of aliphatic carboxylic acids is 1. The molecule has 18 heavy (non-hydrogen) atoms. The van der Waals surface area contributed by atoms with Gasteiger partial charge >= 0.3 is 5.97 Å². The minimum atomic E-state index is -0.941. The van der Waals surface area contributed by atoms with Crippen LogP contribution in [0, 0.1) is 13.8 Å². The van der Waals surface area contributed by atoms with E-state index >= 15 is 0 Å². The van der Waals surface area contributed by atoms with Crippen molar-refractivity contribution in [3.8, 4) is 5.69 Å².